The maximum atomic E-state index is 10.8. The minimum absolute atomic E-state index is 0.00459. The van der Waals surface area contributed by atoms with Crippen molar-refractivity contribution in [3.63, 3.8) is 0 Å². The van der Waals surface area contributed by atoms with Crippen molar-refractivity contribution in [1.82, 2.24) is 0 Å². The molecule has 0 spiro atoms. The molecule has 5 nitrogen and oxygen atoms in total. The van der Waals surface area contributed by atoms with Gasteiger partial charge in [-0.15, -0.1) is 0 Å². The number of carbonyl (C=O) groups excluding carboxylic acids is 2. The van der Waals surface area contributed by atoms with Crippen LogP contribution in [0.5, 0.6) is 0 Å². The zero-order chi connectivity index (χ0) is 13.0. The van der Waals surface area contributed by atoms with Crippen molar-refractivity contribution in [2.24, 2.45) is 0 Å². The molecule has 94 valence electrons. The largest absolute Gasteiger partial charge is 0.550 e. The van der Waals surface area contributed by atoms with Crippen LogP contribution < -0.4 is 10.4 Å². The lowest BCUT2D eigenvalue weighted by molar-refractivity contribution is -0.597. The van der Waals surface area contributed by atoms with Crippen molar-refractivity contribution in [2.45, 2.75) is 26.2 Å². The van der Waals surface area contributed by atoms with Gasteiger partial charge in [0.15, 0.2) is 0 Å². The summed E-state index contributed by atoms with van der Waals surface area (Å²) in [5, 5.41) is 12.0. The number of quaternary nitrogens is 1. The standard InChI is InChI=1S/C9H14O4.C2H7N/c1-7(2)9(12)13-6-4-3-5-8(10)11;1-3-2/h1,3-6H2,2H3,(H,10,11);3H,1-2H3. The molecule has 0 aromatic carbocycles. The molecule has 16 heavy (non-hydrogen) atoms. The van der Waals surface area contributed by atoms with Crippen LogP contribution >= 0.6 is 0 Å². The Morgan fingerprint density at radius 3 is 2.19 bits per heavy atom. The number of carboxylic acid groups (broad SMARTS) is 1. The SMILES string of the molecule is C=C(C)C(=O)OCCCCC(=O)[O-].C[NH2+]C. The molecule has 0 bridgehead atoms. The van der Waals surface area contributed by atoms with Gasteiger partial charge >= 0.3 is 5.97 Å². The summed E-state index contributed by atoms with van der Waals surface area (Å²) in [7, 11) is 4.00. The van der Waals surface area contributed by atoms with E-state index in [1.54, 1.807) is 6.92 Å². The van der Waals surface area contributed by atoms with Crippen LogP contribution in [0, 0.1) is 0 Å². The first-order chi connectivity index (χ1) is 7.45. The molecule has 0 aromatic rings. The highest BCUT2D eigenvalue weighted by Gasteiger charge is 2.01. The fourth-order valence-corrected chi connectivity index (χ4v) is 0.659. The number of unbranched alkanes of at least 4 members (excludes halogenated alkanes) is 1. The number of carboxylic acids is 1. The minimum atomic E-state index is -1.08. The zero-order valence-electron chi connectivity index (χ0n) is 10.2. The third kappa shape index (κ3) is 15.1. The zero-order valence-corrected chi connectivity index (χ0v) is 10.2. The second kappa shape index (κ2) is 11.7. The van der Waals surface area contributed by atoms with Crippen LogP contribution in [0.2, 0.25) is 0 Å². The van der Waals surface area contributed by atoms with Crippen LogP contribution in [0.4, 0.5) is 0 Å². The van der Waals surface area contributed by atoms with E-state index in [2.05, 4.69) is 6.58 Å². The Labute approximate surface area is 96.5 Å². The molecule has 0 saturated carbocycles. The Hall–Kier alpha value is -1.36. The average molecular weight is 231 g/mol. The summed E-state index contributed by atoms with van der Waals surface area (Å²) in [5.74, 6) is -1.51. The van der Waals surface area contributed by atoms with Crippen molar-refractivity contribution < 1.29 is 24.7 Å². The van der Waals surface area contributed by atoms with Gasteiger partial charge in [-0.2, -0.15) is 0 Å². The van der Waals surface area contributed by atoms with Crippen LogP contribution in [0.3, 0.4) is 0 Å². The lowest BCUT2D eigenvalue weighted by atomic mass is 10.2. The number of nitrogens with two attached hydrogens (primary N) is 1. The molecule has 0 aliphatic heterocycles. The van der Waals surface area contributed by atoms with Gasteiger partial charge < -0.3 is 20.0 Å². The lowest BCUT2D eigenvalue weighted by Crippen LogP contribution is -2.74. The van der Waals surface area contributed by atoms with Gasteiger partial charge in [0.25, 0.3) is 0 Å². The molecular formula is C11H21NO4. The summed E-state index contributed by atoms with van der Waals surface area (Å²) in [4.78, 5) is 20.8. The molecule has 0 atom stereocenters. The smallest absolute Gasteiger partial charge is 0.333 e. The fourth-order valence-electron chi connectivity index (χ4n) is 0.659. The molecule has 0 rings (SSSR count). The molecule has 0 aromatic heterocycles. The fraction of sp³-hybridized carbons (Fsp3) is 0.636. The number of ether oxygens (including phenoxy) is 1. The van der Waals surface area contributed by atoms with Crippen molar-refractivity contribution in [1.29, 1.82) is 0 Å². The number of hydrogen-bond donors (Lipinski definition) is 1. The highest BCUT2D eigenvalue weighted by molar-refractivity contribution is 5.86. The van der Waals surface area contributed by atoms with Crippen LogP contribution in [0.1, 0.15) is 26.2 Å². The third-order valence-electron chi connectivity index (χ3n) is 1.36. The van der Waals surface area contributed by atoms with Crippen LogP contribution in [-0.2, 0) is 14.3 Å². The maximum absolute atomic E-state index is 10.8. The van der Waals surface area contributed by atoms with Crippen molar-refractivity contribution >= 4 is 11.9 Å². The lowest BCUT2D eigenvalue weighted by Gasteiger charge is -2.04. The molecule has 0 radical (unpaired) electrons. The third-order valence-corrected chi connectivity index (χ3v) is 1.36. The summed E-state index contributed by atoms with van der Waals surface area (Å²) >= 11 is 0. The molecule has 0 amide bonds. The van der Waals surface area contributed by atoms with Crippen LogP contribution in [-0.4, -0.2) is 32.6 Å². The van der Waals surface area contributed by atoms with Gasteiger partial charge in [0.2, 0.25) is 0 Å². The van der Waals surface area contributed by atoms with Gasteiger partial charge in [0.05, 0.1) is 20.7 Å². The number of rotatable bonds is 6. The number of aliphatic carboxylic acids is 1. The van der Waals surface area contributed by atoms with Crippen LogP contribution in [0.15, 0.2) is 12.2 Å². The van der Waals surface area contributed by atoms with Crippen LogP contribution in [0.25, 0.3) is 0 Å². The normalized spacial score (nSPS) is 8.69. The number of esters is 1. The molecule has 0 unspecified atom stereocenters. The highest BCUT2D eigenvalue weighted by atomic mass is 16.5. The quantitative estimate of drug-likeness (QED) is 0.355. The topological polar surface area (TPSA) is 83.0 Å². The second-order valence-corrected chi connectivity index (χ2v) is 3.32. The Balaban J connectivity index is 0. The second-order valence-electron chi connectivity index (χ2n) is 3.32. The average Bonchev–Trinajstić information content (AvgIpc) is 2.17. The molecule has 0 saturated heterocycles. The molecule has 0 aliphatic rings. The van der Waals surface area contributed by atoms with E-state index in [-0.39, 0.29) is 13.0 Å². The predicted molar refractivity (Wildman–Crippen MR) is 58.4 cm³/mol. The molecule has 2 N–H and O–H groups in total. The van der Waals surface area contributed by atoms with E-state index in [0.717, 1.165) is 0 Å². The minimum Gasteiger partial charge on any atom is -0.550 e. The first kappa shape index (κ1) is 17.0. The molecule has 0 fully saturated rings. The predicted octanol–water partition coefficient (Wildman–Crippen LogP) is -1.16. The van der Waals surface area contributed by atoms with Gasteiger partial charge in [-0.05, 0) is 26.2 Å². The Kier molecular flexibility index (Phi) is 12.5. The van der Waals surface area contributed by atoms with Crippen molar-refractivity contribution in [3.8, 4) is 0 Å². The Morgan fingerprint density at radius 1 is 1.31 bits per heavy atom. The van der Waals surface area contributed by atoms with Gasteiger partial charge in [0, 0.05) is 11.5 Å². The molecule has 0 aliphatic carbocycles. The first-order valence-electron chi connectivity index (χ1n) is 5.22. The van der Waals surface area contributed by atoms with Crippen molar-refractivity contribution in [3.05, 3.63) is 12.2 Å². The summed E-state index contributed by atoms with van der Waals surface area (Å²) in [6, 6.07) is 0. The van der Waals surface area contributed by atoms with E-state index in [1.165, 1.54) is 0 Å². The molecule has 5 heteroatoms. The van der Waals surface area contributed by atoms with Gasteiger partial charge in [-0.25, -0.2) is 4.79 Å². The van der Waals surface area contributed by atoms with E-state index in [9.17, 15) is 14.7 Å². The summed E-state index contributed by atoms with van der Waals surface area (Å²) in [5.41, 5.74) is 0.347. The van der Waals surface area contributed by atoms with E-state index in [4.69, 9.17) is 4.74 Å². The van der Waals surface area contributed by atoms with E-state index in [1.807, 2.05) is 19.4 Å². The maximum Gasteiger partial charge on any atom is 0.333 e. The van der Waals surface area contributed by atoms with Crippen molar-refractivity contribution in [2.75, 3.05) is 20.7 Å². The Bertz CT molecular complexity index is 226. The van der Waals surface area contributed by atoms with E-state index < -0.39 is 11.9 Å². The monoisotopic (exact) mass is 231 g/mol. The number of hydrogen-bond acceptors (Lipinski definition) is 4. The molecule has 0 heterocycles. The van der Waals surface area contributed by atoms with E-state index in [0.29, 0.717) is 18.4 Å². The summed E-state index contributed by atoms with van der Waals surface area (Å²) in [6.07, 6.45) is 1.00. The first-order valence-corrected chi connectivity index (χ1v) is 5.22. The van der Waals surface area contributed by atoms with E-state index >= 15 is 0 Å². The Morgan fingerprint density at radius 2 is 1.81 bits per heavy atom. The number of carbonyl (C=O) groups is 2. The highest BCUT2D eigenvalue weighted by Crippen LogP contribution is 1.97. The summed E-state index contributed by atoms with van der Waals surface area (Å²) < 4.78 is 4.73. The van der Waals surface area contributed by atoms with Gasteiger partial charge in [-0.3, -0.25) is 0 Å². The molecular weight excluding hydrogens is 210 g/mol. The van der Waals surface area contributed by atoms with Gasteiger partial charge in [-0.1, -0.05) is 6.58 Å². The van der Waals surface area contributed by atoms with Gasteiger partial charge in [0.1, 0.15) is 0 Å². The summed E-state index contributed by atoms with van der Waals surface area (Å²) in [6.45, 7) is 5.20.